The largest absolute Gasteiger partial charge is 0.324 e. The molecule has 1 aromatic rings. The van der Waals surface area contributed by atoms with Crippen molar-refractivity contribution < 1.29 is 9.72 Å². The number of benzene rings is 1. The van der Waals surface area contributed by atoms with Crippen molar-refractivity contribution in [3.8, 4) is 0 Å². The van der Waals surface area contributed by atoms with E-state index in [9.17, 15) is 14.9 Å². The van der Waals surface area contributed by atoms with Crippen molar-refractivity contribution in [3.05, 3.63) is 33.3 Å². The smallest absolute Gasteiger partial charge is 0.271 e. The summed E-state index contributed by atoms with van der Waals surface area (Å²) in [6.07, 6.45) is 0. The van der Waals surface area contributed by atoms with Gasteiger partial charge in [0.05, 0.1) is 21.0 Å². The van der Waals surface area contributed by atoms with Crippen LogP contribution < -0.4 is 5.32 Å². The number of nitro groups is 1. The number of nitro benzene ring substituents is 1. The lowest BCUT2D eigenvalue weighted by atomic mass is 9.95. The first kappa shape index (κ1) is 14.7. The predicted octanol–water partition coefficient (Wildman–Crippen LogP) is 3.45. The summed E-state index contributed by atoms with van der Waals surface area (Å²) < 4.78 is 0. The Labute approximate surface area is 114 Å². The molecule has 0 fully saturated rings. The van der Waals surface area contributed by atoms with E-state index in [-0.39, 0.29) is 22.5 Å². The molecular weight excluding hydrogens is 279 g/mol. The first-order valence-electron chi connectivity index (χ1n) is 5.09. The molecule has 0 atom stereocenters. The van der Waals surface area contributed by atoms with Crippen LogP contribution >= 0.6 is 23.2 Å². The van der Waals surface area contributed by atoms with Gasteiger partial charge in [-0.25, -0.2) is 0 Å². The molecule has 0 saturated heterocycles. The number of amides is 1. The number of hydrogen-bond donors (Lipinski definition) is 1. The Balaban J connectivity index is 2.93. The van der Waals surface area contributed by atoms with E-state index in [4.69, 9.17) is 23.2 Å². The van der Waals surface area contributed by atoms with Gasteiger partial charge in [0.1, 0.15) is 0 Å². The van der Waals surface area contributed by atoms with E-state index in [2.05, 4.69) is 5.32 Å². The second-order valence-corrected chi connectivity index (χ2v) is 5.07. The van der Waals surface area contributed by atoms with Crippen LogP contribution in [0.15, 0.2) is 18.2 Å². The third-order valence-electron chi connectivity index (χ3n) is 2.36. The molecule has 5 nitrogen and oxygen atoms in total. The minimum absolute atomic E-state index is 0.114. The molecule has 7 heteroatoms. The van der Waals surface area contributed by atoms with Crippen LogP contribution in [0.5, 0.6) is 0 Å². The van der Waals surface area contributed by atoms with Crippen LogP contribution in [-0.4, -0.2) is 16.7 Å². The maximum absolute atomic E-state index is 11.8. The van der Waals surface area contributed by atoms with E-state index in [0.717, 1.165) is 0 Å². The molecule has 1 aromatic carbocycles. The molecule has 0 spiro atoms. The standard InChI is InChI=1S/C11H12Cl2N2O3/c1-11(2,6-12)10(16)14-9-4-3-7(15(17)18)5-8(9)13/h3-5H,6H2,1-2H3,(H,14,16). The van der Waals surface area contributed by atoms with Gasteiger partial charge >= 0.3 is 0 Å². The monoisotopic (exact) mass is 290 g/mol. The summed E-state index contributed by atoms with van der Waals surface area (Å²) in [5.41, 5.74) is -0.549. The molecule has 0 radical (unpaired) electrons. The highest BCUT2D eigenvalue weighted by molar-refractivity contribution is 6.34. The van der Waals surface area contributed by atoms with Gasteiger partial charge in [-0.1, -0.05) is 11.6 Å². The Morgan fingerprint density at radius 2 is 2.11 bits per heavy atom. The number of nitrogens with one attached hydrogen (secondary N) is 1. The Hall–Kier alpha value is -1.33. The number of alkyl halides is 1. The molecule has 98 valence electrons. The van der Waals surface area contributed by atoms with Crippen LogP contribution in [0.3, 0.4) is 0 Å². The molecular formula is C11H12Cl2N2O3. The number of non-ortho nitro benzene ring substituents is 1. The van der Waals surface area contributed by atoms with Crippen molar-refractivity contribution in [2.45, 2.75) is 13.8 Å². The fourth-order valence-electron chi connectivity index (χ4n) is 1.07. The zero-order valence-corrected chi connectivity index (χ0v) is 11.4. The number of anilines is 1. The lowest BCUT2D eigenvalue weighted by molar-refractivity contribution is -0.384. The quantitative estimate of drug-likeness (QED) is 0.524. The molecule has 1 rings (SSSR count). The van der Waals surface area contributed by atoms with Crippen LogP contribution in [0.1, 0.15) is 13.8 Å². The zero-order chi connectivity index (χ0) is 13.9. The molecule has 0 saturated carbocycles. The van der Waals surface area contributed by atoms with Gasteiger partial charge in [0, 0.05) is 18.0 Å². The Morgan fingerprint density at radius 1 is 1.50 bits per heavy atom. The highest BCUT2D eigenvalue weighted by Gasteiger charge is 2.27. The fourth-order valence-corrected chi connectivity index (χ4v) is 1.41. The van der Waals surface area contributed by atoms with Gasteiger partial charge in [0.25, 0.3) is 5.69 Å². The van der Waals surface area contributed by atoms with Gasteiger partial charge in [0.15, 0.2) is 0 Å². The van der Waals surface area contributed by atoms with Crippen molar-refractivity contribution in [1.82, 2.24) is 0 Å². The predicted molar refractivity (Wildman–Crippen MR) is 71.2 cm³/mol. The number of rotatable bonds is 4. The molecule has 0 aliphatic carbocycles. The normalized spacial score (nSPS) is 11.1. The minimum Gasteiger partial charge on any atom is -0.324 e. The lowest BCUT2D eigenvalue weighted by Gasteiger charge is -2.20. The van der Waals surface area contributed by atoms with Crippen molar-refractivity contribution >= 4 is 40.5 Å². The first-order valence-corrected chi connectivity index (χ1v) is 6.00. The SMILES string of the molecule is CC(C)(CCl)C(=O)Nc1ccc([N+](=O)[O-])cc1Cl. The molecule has 0 bridgehead atoms. The average molecular weight is 291 g/mol. The number of carbonyl (C=O) groups excluding carboxylic acids is 1. The molecule has 0 aliphatic heterocycles. The maximum Gasteiger partial charge on any atom is 0.271 e. The lowest BCUT2D eigenvalue weighted by Crippen LogP contribution is -2.32. The van der Waals surface area contributed by atoms with Crippen molar-refractivity contribution in [2.75, 3.05) is 11.2 Å². The summed E-state index contributed by atoms with van der Waals surface area (Å²) in [4.78, 5) is 21.8. The van der Waals surface area contributed by atoms with Crippen LogP contribution in [0, 0.1) is 15.5 Å². The molecule has 18 heavy (non-hydrogen) atoms. The van der Waals surface area contributed by atoms with Gasteiger partial charge in [-0.15, -0.1) is 11.6 Å². The summed E-state index contributed by atoms with van der Waals surface area (Å²) in [5, 5.41) is 13.2. The van der Waals surface area contributed by atoms with E-state index in [1.807, 2.05) is 0 Å². The zero-order valence-electron chi connectivity index (χ0n) is 9.87. The molecule has 0 aliphatic rings. The van der Waals surface area contributed by atoms with Crippen molar-refractivity contribution in [3.63, 3.8) is 0 Å². The topological polar surface area (TPSA) is 72.2 Å². The number of hydrogen-bond acceptors (Lipinski definition) is 3. The van der Waals surface area contributed by atoms with E-state index >= 15 is 0 Å². The first-order chi connectivity index (χ1) is 8.27. The molecule has 0 heterocycles. The minimum atomic E-state index is -0.743. The van der Waals surface area contributed by atoms with Gasteiger partial charge < -0.3 is 5.32 Å². The third kappa shape index (κ3) is 3.34. The second kappa shape index (κ2) is 5.54. The van der Waals surface area contributed by atoms with Crippen LogP contribution in [0.2, 0.25) is 5.02 Å². The van der Waals surface area contributed by atoms with Crippen molar-refractivity contribution in [2.24, 2.45) is 5.41 Å². The number of nitrogens with zero attached hydrogens (tertiary/aromatic N) is 1. The maximum atomic E-state index is 11.8. The van der Waals surface area contributed by atoms with Gasteiger partial charge in [-0.2, -0.15) is 0 Å². The molecule has 0 unspecified atom stereocenters. The summed E-state index contributed by atoms with van der Waals surface area (Å²) in [5.74, 6) is -0.142. The van der Waals surface area contributed by atoms with Crippen molar-refractivity contribution in [1.29, 1.82) is 0 Å². The molecule has 0 aromatic heterocycles. The molecule has 1 amide bonds. The Kier molecular flexibility index (Phi) is 4.53. The number of halogens is 2. The summed E-state index contributed by atoms with van der Waals surface area (Å²) >= 11 is 11.5. The van der Waals surface area contributed by atoms with E-state index in [1.54, 1.807) is 13.8 Å². The van der Waals surface area contributed by atoms with E-state index in [0.29, 0.717) is 5.69 Å². The Bertz CT molecular complexity index is 489. The van der Waals surface area contributed by atoms with Gasteiger partial charge in [0.2, 0.25) is 5.91 Å². The highest BCUT2D eigenvalue weighted by Crippen LogP contribution is 2.28. The Morgan fingerprint density at radius 3 is 2.56 bits per heavy atom. The highest BCUT2D eigenvalue weighted by atomic mass is 35.5. The van der Waals surface area contributed by atoms with Crippen LogP contribution in [0.25, 0.3) is 0 Å². The second-order valence-electron chi connectivity index (χ2n) is 4.39. The van der Waals surface area contributed by atoms with Crippen LogP contribution in [0.4, 0.5) is 11.4 Å². The van der Waals surface area contributed by atoms with Gasteiger partial charge in [-0.05, 0) is 19.9 Å². The fraction of sp³-hybridized carbons (Fsp3) is 0.364. The van der Waals surface area contributed by atoms with E-state index in [1.165, 1.54) is 18.2 Å². The number of carbonyl (C=O) groups is 1. The third-order valence-corrected chi connectivity index (χ3v) is 3.34. The summed E-state index contributed by atoms with van der Waals surface area (Å²) in [6.45, 7) is 3.38. The average Bonchev–Trinajstić information content (AvgIpc) is 2.31. The van der Waals surface area contributed by atoms with Gasteiger partial charge in [-0.3, -0.25) is 14.9 Å². The summed E-state index contributed by atoms with van der Waals surface area (Å²) in [7, 11) is 0. The van der Waals surface area contributed by atoms with Crippen LogP contribution in [-0.2, 0) is 4.79 Å². The van der Waals surface area contributed by atoms with E-state index < -0.39 is 10.3 Å². The molecule has 1 N–H and O–H groups in total. The summed E-state index contributed by atoms with van der Waals surface area (Å²) in [6, 6.07) is 3.85.